The van der Waals surface area contributed by atoms with Crippen LogP contribution in [-0.4, -0.2) is 33.6 Å². The van der Waals surface area contributed by atoms with Crippen LogP contribution >= 0.6 is 11.8 Å². The van der Waals surface area contributed by atoms with Gasteiger partial charge in [-0.1, -0.05) is 17.8 Å². The highest BCUT2D eigenvalue weighted by molar-refractivity contribution is 7.99. The molecule has 0 aliphatic heterocycles. The fourth-order valence-corrected chi connectivity index (χ4v) is 3.15. The molecule has 0 unspecified atom stereocenters. The average molecular weight is 416 g/mol. The number of benzene rings is 2. The van der Waals surface area contributed by atoms with E-state index < -0.39 is 0 Å². The van der Waals surface area contributed by atoms with E-state index in [1.54, 1.807) is 26.2 Å². The van der Waals surface area contributed by atoms with Crippen LogP contribution in [0, 0.1) is 12.7 Å². The van der Waals surface area contributed by atoms with Gasteiger partial charge in [-0.05, 0) is 43.3 Å². The number of nitrogen functional groups attached to an aromatic ring is 1. The van der Waals surface area contributed by atoms with Crippen molar-refractivity contribution in [1.82, 2.24) is 14.9 Å². The summed E-state index contributed by atoms with van der Waals surface area (Å²) in [5, 5.41) is 14.3. The van der Waals surface area contributed by atoms with Crippen molar-refractivity contribution >= 4 is 29.0 Å². The van der Waals surface area contributed by atoms with Gasteiger partial charge >= 0.3 is 0 Å². The maximum absolute atomic E-state index is 13.6. The third-order valence-electron chi connectivity index (χ3n) is 4.15. The van der Waals surface area contributed by atoms with Gasteiger partial charge in [0.05, 0.1) is 19.4 Å². The molecule has 0 radical (unpaired) electrons. The Morgan fingerprint density at radius 2 is 2.00 bits per heavy atom. The van der Waals surface area contributed by atoms with Crippen molar-refractivity contribution in [2.45, 2.75) is 18.6 Å². The number of carbonyl (C=O) groups is 1. The van der Waals surface area contributed by atoms with E-state index >= 15 is 0 Å². The predicted molar refractivity (Wildman–Crippen MR) is 111 cm³/mol. The van der Waals surface area contributed by atoms with Crippen LogP contribution in [0.1, 0.15) is 11.4 Å². The monoisotopic (exact) mass is 416 g/mol. The standard InChI is InChI=1S/C19H21FN6O2S/c1-12-15(20)4-3-5-16(12)23-18(27)11-29-19-25-24-17(26(19)21)10-22-13-6-8-14(28-2)9-7-13/h3-9,22H,10-11,21H2,1-2H3,(H,23,27). The lowest BCUT2D eigenvalue weighted by Gasteiger charge is -2.09. The zero-order chi connectivity index (χ0) is 20.8. The fourth-order valence-electron chi connectivity index (χ4n) is 2.48. The van der Waals surface area contributed by atoms with E-state index in [1.807, 2.05) is 24.3 Å². The lowest BCUT2D eigenvalue weighted by molar-refractivity contribution is -0.113. The van der Waals surface area contributed by atoms with Crippen LogP contribution in [0.4, 0.5) is 15.8 Å². The van der Waals surface area contributed by atoms with E-state index in [0.717, 1.165) is 23.2 Å². The largest absolute Gasteiger partial charge is 0.497 e. The summed E-state index contributed by atoms with van der Waals surface area (Å²) in [4.78, 5) is 12.2. The fraction of sp³-hybridized carbons (Fsp3) is 0.211. The average Bonchev–Trinajstić information content (AvgIpc) is 3.08. The number of methoxy groups -OCH3 is 1. The normalized spacial score (nSPS) is 10.6. The predicted octanol–water partition coefficient (Wildman–Crippen LogP) is 2.79. The molecule has 29 heavy (non-hydrogen) atoms. The second-order valence-electron chi connectivity index (χ2n) is 6.10. The Morgan fingerprint density at radius 1 is 1.24 bits per heavy atom. The molecule has 1 heterocycles. The molecular formula is C19H21FN6O2S. The minimum atomic E-state index is -0.369. The summed E-state index contributed by atoms with van der Waals surface area (Å²) in [5.41, 5.74) is 1.71. The second-order valence-corrected chi connectivity index (χ2v) is 7.04. The van der Waals surface area contributed by atoms with Gasteiger partial charge in [0.15, 0.2) is 5.82 Å². The van der Waals surface area contributed by atoms with E-state index in [-0.39, 0.29) is 17.5 Å². The maximum Gasteiger partial charge on any atom is 0.234 e. The van der Waals surface area contributed by atoms with Crippen LogP contribution in [0.3, 0.4) is 0 Å². The van der Waals surface area contributed by atoms with Gasteiger partial charge in [-0.25, -0.2) is 9.07 Å². The van der Waals surface area contributed by atoms with Crippen LogP contribution in [-0.2, 0) is 11.3 Å². The molecule has 4 N–H and O–H groups in total. The minimum Gasteiger partial charge on any atom is -0.497 e. The van der Waals surface area contributed by atoms with Crippen LogP contribution < -0.4 is 21.2 Å². The lowest BCUT2D eigenvalue weighted by atomic mass is 10.2. The Hall–Kier alpha value is -3.27. The summed E-state index contributed by atoms with van der Waals surface area (Å²) >= 11 is 1.15. The molecular weight excluding hydrogens is 395 g/mol. The molecule has 2 aromatic carbocycles. The van der Waals surface area contributed by atoms with Crippen molar-refractivity contribution in [2.24, 2.45) is 0 Å². The van der Waals surface area contributed by atoms with E-state index in [9.17, 15) is 9.18 Å². The molecule has 152 valence electrons. The number of anilines is 2. The number of hydrogen-bond donors (Lipinski definition) is 3. The van der Waals surface area contributed by atoms with Crippen molar-refractivity contribution in [3.63, 3.8) is 0 Å². The van der Waals surface area contributed by atoms with Gasteiger partial charge < -0.3 is 21.2 Å². The number of hydrogen-bond acceptors (Lipinski definition) is 7. The molecule has 3 rings (SSSR count). The summed E-state index contributed by atoms with van der Waals surface area (Å²) in [6, 6.07) is 12.0. The summed E-state index contributed by atoms with van der Waals surface area (Å²) < 4.78 is 20.0. The molecule has 3 aromatic rings. The molecule has 0 fully saturated rings. The first kappa shape index (κ1) is 20.5. The number of amides is 1. The quantitative estimate of drug-likeness (QED) is 0.383. The first-order valence-electron chi connectivity index (χ1n) is 8.73. The highest BCUT2D eigenvalue weighted by Gasteiger charge is 2.13. The van der Waals surface area contributed by atoms with Gasteiger partial charge in [-0.15, -0.1) is 10.2 Å². The molecule has 1 amide bonds. The number of aromatic nitrogens is 3. The Labute approximate surface area is 171 Å². The summed E-state index contributed by atoms with van der Waals surface area (Å²) in [6.45, 7) is 1.97. The van der Waals surface area contributed by atoms with Gasteiger partial charge in [0.2, 0.25) is 11.1 Å². The molecule has 0 aliphatic rings. The van der Waals surface area contributed by atoms with Crippen LogP contribution in [0.2, 0.25) is 0 Å². The number of nitrogens with two attached hydrogens (primary N) is 1. The second kappa shape index (κ2) is 9.28. The zero-order valence-electron chi connectivity index (χ0n) is 16.0. The number of carbonyl (C=O) groups excluding carboxylic acids is 1. The maximum atomic E-state index is 13.6. The number of thioether (sulfide) groups is 1. The molecule has 0 spiro atoms. The smallest absolute Gasteiger partial charge is 0.234 e. The lowest BCUT2D eigenvalue weighted by Crippen LogP contribution is -2.18. The highest BCUT2D eigenvalue weighted by Crippen LogP contribution is 2.20. The van der Waals surface area contributed by atoms with Crippen molar-refractivity contribution in [3.8, 4) is 5.75 Å². The van der Waals surface area contributed by atoms with Gasteiger partial charge in [0.25, 0.3) is 0 Å². The van der Waals surface area contributed by atoms with Gasteiger partial charge in [0, 0.05) is 16.9 Å². The number of ether oxygens (including phenoxy) is 1. The molecule has 0 bridgehead atoms. The highest BCUT2D eigenvalue weighted by atomic mass is 32.2. The van der Waals surface area contributed by atoms with Gasteiger partial charge in [-0.2, -0.15) is 0 Å². The third kappa shape index (κ3) is 5.17. The summed E-state index contributed by atoms with van der Waals surface area (Å²) in [6.07, 6.45) is 0. The number of halogens is 1. The Morgan fingerprint density at radius 3 is 2.72 bits per heavy atom. The van der Waals surface area contributed by atoms with E-state index in [0.29, 0.717) is 28.8 Å². The Balaban J connectivity index is 1.53. The van der Waals surface area contributed by atoms with Gasteiger partial charge in [0.1, 0.15) is 11.6 Å². The van der Waals surface area contributed by atoms with Gasteiger partial charge in [-0.3, -0.25) is 4.79 Å². The van der Waals surface area contributed by atoms with E-state index in [2.05, 4.69) is 20.8 Å². The molecule has 0 saturated heterocycles. The molecule has 8 nitrogen and oxygen atoms in total. The number of nitrogens with one attached hydrogen (secondary N) is 2. The molecule has 10 heteroatoms. The first-order valence-corrected chi connectivity index (χ1v) is 9.71. The van der Waals surface area contributed by atoms with E-state index in [4.69, 9.17) is 10.6 Å². The third-order valence-corrected chi connectivity index (χ3v) is 5.09. The Bertz CT molecular complexity index is 993. The summed E-state index contributed by atoms with van der Waals surface area (Å²) in [7, 11) is 1.61. The first-order chi connectivity index (χ1) is 14.0. The SMILES string of the molecule is COc1ccc(NCc2nnc(SCC(=O)Nc3cccc(F)c3C)n2N)cc1. The number of rotatable bonds is 8. The van der Waals surface area contributed by atoms with Crippen molar-refractivity contribution in [2.75, 3.05) is 29.3 Å². The topological polar surface area (TPSA) is 107 Å². The molecule has 0 atom stereocenters. The van der Waals surface area contributed by atoms with E-state index in [1.165, 1.54) is 10.7 Å². The molecule has 0 aliphatic carbocycles. The van der Waals surface area contributed by atoms with Crippen LogP contribution in [0.5, 0.6) is 5.75 Å². The van der Waals surface area contributed by atoms with Crippen molar-refractivity contribution in [3.05, 3.63) is 59.7 Å². The van der Waals surface area contributed by atoms with Crippen molar-refractivity contribution < 1.29 is 13.9 Å². The van der Waals surface area contributed by atoms with Crippen molar-refractivity contribution in [1.29, 1.82) is 0 Å². The van der Waals surface area contributed by atoms with Crippen LogP contribution in [0.25, 0.3) is 0 Å². The molecule has 1 aromatic heterocycles. The minimum absolute atomic E-state index is 0.0667. The molecule has 0 saturated carbocycles. The van der Waals surface area contributed by atoms with Crippen LogP contribution in [0.15, 0.2) is 47.6 Å². The Kier molecular flexibility index (Phi) is 6.55. The summed E-state index contributed by atoms with van der Waals surface area (Å²) in [5.74, 6) is 6.72. The number of nitrogens with zero attached hydrogens (tertiary/aromatic N) is 3. The zero-order valence-corrected chi connectivity index (χ0v) is 16.8.